The van der Waals surface area contributed by atoms with E-state index in [2.05, 4.69) is 43.0 Å². The van der Waals surface area contributed by atoms with E-state index in [9.17, 15) is 4.79 Å². The fourth-order valence-electron chi connectivity index (χ4n) is 1.96. The summed E-state index contributed by atoms with van der Waals surface area (Å²) in [4.78, 5) is 10.6. The predicted octanol–water partition coefficient (Wildman–Crippen LogP) is 4.42. The van der Waals surface area contributed by atoms with Crippen LogP contribution in [0.25, 0.3) is 0 Å². The van der Waals surface area contributed by atoms with E-state index in [-0.39, 0.29) is 5.12 Å². The van der Waals surface area contributed by atoms with Crippen molar-refractivity contribution in [3.63, 3.8) is 0 Å². The van der Waals surface area contributed by atoms with Crippen LogP contribution in [-0.2, 0) is 11.2 Å². The van der Waals surface area contributed by atoms with Gasteiger partial charge in [0, 0.05) is 6.42 Å². The lowest BCUT2D eigenvalue weighted by Gasteiger charge is -2.02. The Bertz CT molecular complexity index is 308. The van der Waals surface area contributed by atoms with Gasteiger partial charge in [-0.1, -0.05) is 56.0 Å². The third-order valence-corrected chi connectivity index (χ3v) is 3.17. The van der Waals surface area contributed by atoms with Gasteiger partial charge in [0.2, 0.25) is 0 Å². The van der Waals surface area contributed by atoms with Crippen LogP contribution < -0.4 is 0 Å². The monoisotopic (exact) mass is 250 g/mol. The molecule has 2 heteroatoms. The van der Waals surface area contributed by atoms with Gasteiger partial charge in [0.05, 0.1) is 0 Å². The highest BCUT2D eigenvalue weighted by molar-refractivity contribution is 7.96. The van der Waals surface area contributed by atoms with Crippen LogP contribution in [0.1, 0.15) is 50.5 Å². The molecular weight excluding hydrogens is 228 g/mol. The second-order valence-corrected chi connectivity index (χ2v) is 5.00. The number of carbonyl (C=O) groups excluding carboxylic acids is 1. The molecule has 0 fully saturated rings. The smallest absolute Gasteiger partial charge is 0.185 e. The molecule has 0 aliphatic rings. The summed E-state index contributed by atoms with van der Waals surface area (Å²) in [5, 5.41) is 0.0223. The zero-order valence-corrected chi connectivity index (χ0v) is 11.3. The van der Waals surface area contributed by atoms with Crippen LogP contribution in [0.5, 0.6) is 0 Å². The molecule has 0 radical (unpaired) electrons. The second kappa shape index (κ2) is 9.29. The molecule has 1 rings (SSSR count). The fraction of sp³-hybridized carbons (Fsp3) is 0.533. The maximum Gasteiger partial charge on any atom is 0.185 e. The minimum Gasteiger partial charge on any atom is -0.288 e. The molecule has 0 atom stereocenters. The Kier molecular flexibility index (Phi) is 7.81. The topological polar surface area (TPSA) is 17.1 Å². The summed E-state index contributed by atoms with van der Waals surface area (Å²) >= 11 is 3.76. The average Bonchev–Trinajstić information content (AvgIpc) is 2.33. The Morgan fingerprint density at radius 1 is 0.882 bits per heavy atom. The van der Waals surface area contributed by atoms with Gasteiger partial charge < -0.3 is 0 Å². The van der Waals surface area contributed by atoms with Crippen LogP contribution >= 0.6 is 12.6 Å². The van der Waals surface area contributed by atoms with Crippen molar-refractivity contribution < 1.29 is 4.79 Å². The molecule has 0 bridgehead atoms. The lowest BCUT2D eigenvalue weighted by Crippen LogP contribution is -1.88. The van der Waals surface area contributed by atoms with Crippen molar-refractivity contribution in [1.29, 1.82) is 0 Å². The van der Waals surface area contributed by atoms with E-state index < -0.39 is 0 Å². The van der Waals surface area contributed by atoms with Gasteiger partial charge in [-0.25, -0.2) is 0 Å². The first-order valence-corrected chi connectivity index (χ1v) is 6.99. The molecule has 0 amide bonds. The minimum absolute atomic E-state index is 0.0223. The van der Waals surface area contributed by atoms with Gasteiger partial charge in [-0.2, -0.15) is 0 Å². The first kappa shape index (κ1) is 14.3. The highest BCUT2D eigenvalue weighted by Gasteiger charge is 1.96. The summed E-state index contributed by atoms with van der Waals surface area (Å²) < 4.78 is 0. The Morgan fingerprint density at radius 2 is 1.47 bits per heavy atom. The van der Waals surface area contributed by atoms with E-state index in [0.29, 0.717) is 6.42 Å². The summed E-state index contributed by atoms with van der Waals surface area (Å²) in [6.45, 7) is 0. The standard InChI is InChI=1S/C15H22OS/c16-15(17)13-9-4-2-1-3-6-10-14-11-7-5-8-12-14/h5,7-8,11-12H,1-4,6,9-10,13H2,(H,16,17). The van der Waals surface area contributed by atoms with Crippen LogP contribution in [0, 0.1) is 0 Å². The Balaban J connectivity index is 1.90. The van der Waals surface area contributed by atoms with Crippen molar-refractivity contribution in [3.05, 3.63) is 35.9 Å². The normalized spacial score (nSPS) is 10.4. The van der Waals surface area contributed by atoms with Crippen LogP contribution in [0.15, 0.2) is 30.3 Å². The lowest BCUT2D eigenvalue weighted by molar-refractivity contribution is -0.110. The molecule has 1 aromatic rings. The summed E-state index contributed by atoms with van der Waals surface area (Å²) in [7, 11) is 0. The number of unbranched alkanes of at least 4 members (excludes halogenated alkanes) is 5. The molecule has 0 unspecified atom stereocenters. The van der Waals surface area contributed by atoms with Gasteiger partial charge >= 0.3 is 0 Å². The molecule has 94 valence electrons. The number of hydrogen-bond donors (Lipinski definition) is 1. The van der Waals surface area contributed by atoms with Crippen molar-refractivity contribution in [1.82, 2.24) is 0 Å². The number of thiol groups is 1. The first-order valence-electron chi connectivity index (χ1n) is 6.55. The van der Waals surface area contributed by atoms with Crippen molar-refractivity contribution in [2.75, 3.05) is 0 Å². The zero-order chi connectivity index (χ0) is 12.3. The van der Waals surface area contributed by atoms with Gasteiger partial charge in [-0.3, -0.25) is 4.79 Å². The van der Waals surface area contributed by atoms with E-state index in [0.717, 1.165) is 12.8 Å². The molecule has 0 saturated carbocycles. The molecule has 0 aliphatic heterocycles. The third kappa shape index (κ3) is 8.03. The van der Waals surface area contributed by atoms with Crippen LogP contribution in [0.2, 0.25) is 0 Å². The maximum atomic E-state index is 10.6. The highest BCUT2D eigenvalue weighted by Crippen LogP contribution is 2.10. The van der Waals surface area contributed by atoms with Gasteiger partial charge in [0.1, 0.15) is 0 Å². The van der Waals surface area contributed by atoms with Crippen LogP contribution in [0.4, 0.5) is 0 Å². The third-order valence-electron chi connectivity index (χ3n) is 2.95. The Hall–Kier alpha value is -0.760. The average molecular weight is 250 g/mol. The quantitative estimate of drug-likeness (QED) is 0.507. The highest BCUT2D eigenvalue weighted by atomic mass is 32.1. The zero-order valence-electron chi connectivity index (χ0n) is 10.4. The van der Waals surface area contributed by atoms with Crippen molar-refractivity contribution in [2.24, 2.45) is 0 Å². The number of carbonyl (C=O) groups is 1. The van der Waals surface area contributed by atoms with Gasteiger partial charge in [0.15, 0.2) is 5.12 Å². The fourth-order valence-corrected chi connectivity index (χ4v) is 2.12. The molecule has 0 spiro atoms. The summed E-state index contributed by atoms with van der Waals surface area (Å²) in [5.41, 5.74) is 1.44. The number of hydrogen-bond acceptors (Lipinski definition) is 1. The summed E-state index contributed by atoms with van der Waals surface area (Å²) in [6, 6.07) is 10.6. The van der Waals surface area contributed by atoms with Gasteiger partial charge in [-0.05, 0) is 24.8 Å². The maximum absolute atomic E-state index is 10.6. The van der Waals surface area contributed by atoms with Gasteiger partial charge in [0.25, 0.3) is 0 Å². The predicted molar refractivity (Wildman–Crippen MR) is 76.5 cm³/mol. The molecule has 0 heterocycles. The molecule has 17 heavy (non-hydrogen) atoms. The molecule has 1 nitrogen and oxygen atoms in total. The van der Waals surface area contributed by atoms with Gasteiger partial charge in [-0.15, -0.1) is 12.6 Å². The van der Waals surface area contributed by atoms with E-state index in [4.69, 9.17) is 0 Å². The Labute approximate surface area is 110 Å². The van der Waals surface area contributed by atoms with Crippen molar-refractivity contribution in [2.45, 2.75) is 51.4 Å². The van der Waals surface area contributed by atoms with Crippen LogP contribution in [0.3, 0.4) is 0 Å². The molecular formula is C15H22OS. The second-order valence-electron chi connectivity index (χ2n) is 4.50. The molecule has 0 aliphatic carbocycles. The van der Waals surface area contributed by atoms with Crippen molar-refractivity contribution in [3.8, 4) is 0 Å². The van der Waals surface area contributed by atoms with E-state index in [1.54, 1.807) is 0 Å². The number of aryl methyl sites for hydroxylation is 1. The molecule has 0 saturated heterocycles. The SMILES string of the molecule is O=C(S)CCCCCCCCc1ccccc1. The largest absolute Gasteiger partial charge is 0.288 e. The number of benzene rings is 1. The Morgan fingerprint density at radius 3 is 2.12 bits per heavy atom. The van der Waals surface area contributed by atoms with Crippen molar-refractivity contribution >= 4 is 17.7 Å². The summed E-state index contributed by atoms with van der Waals surface area (Å²) in [5.74, 6) is 0. The van der Waals surface area contributed by atoms with E-state index >= 15 is 0 Å². The number of rotatable bonds is 9. The van der Waals surface area contributed by atoms with E-state index in [1.807, 2.05) is 0 Å². The first-order chi connectivity index (χ1) is 8.29. The minimum atomic E-state index is 0.0223. The molecule has 0 N–H and O–H groups in total. The summed E-state index contributed by atoms with van der Waals surface area (Å²) in [6.07, 6.45) is 9.09. The molecule has 0 aromatic heterocycles. The molecule has 1 aromatic carbocycles. The van der Waals surface area contributed by atoms with Crippen LogP contribution in [-0.4, -0.2) is 5.12 Å². The lowest BCUT2D eigenvalue weighted by atomic mass is 10.0. The van der Waals surface area contributed by atoms with E-state index in [1.165, 1.54) is 37.7 Å².